The summed E-state index contributed by atoms with van der Waals surface area (Å²) in [6, 6.07) is 0. The van der Waals surface area contributed by atoms with Crippen LogP contribution in [-0.4, -0.2) is 17.9 Å². The molecular weight excluding hydrogens is 300 g/mol. The number of rotatable bonds is 1. The van der Waals surface area contributed by atoms with E-state index in [2.05, 4.69) is 0 Å². The second-order valence-electron chi connectivity index (χ2n) is 10.1. The van der Waals surface area contributed by atoms with Gasteiger partial charge in [0.1, 0.15) is 11.9 Å². The lowest BCUT2D eigenvalue weighted by molar-refractivity contribution is -0.153. The van der Waals surface area contributed by atoms with E-state index in [1.165, 1.54) is 25.7 Å². The van der Waals surface area contributed by atoms with Gasteiger partial charge in [0.05, 0.1) is 0 Å². The van der Waals surface area contributed by atoms with Crippen molar-refractivity contribution in [3.8, 4) is 0 Å². The maximum atomic E-state index is 13.3. The van der Waals surface area contributed by atoms with Crippen LogP contribution in [0.25, 0.3) is 0 Å². The van der Waals surface area contributed by atoms with Gasteiger partial charge in [0.25, 0.3) is 0 Å². The van der Waals surface area contributed by atoms with E-state index in [0.717, 1.165) is 30.1 Å². The van der Waals surface area contributed by atoms with Crippen molar-refractivity contribution in [2.75, 3.05) is 0 Å². The quantitative estimate of drug-likeness (QED) is 0.696. The molecule has 0 bridgehead atoms. The minimum absolute atomic E-state index is 0.0720. The molecule has 7 aliphatic rings. The topological polar surface area (TPSA) is 43.4 Å². The predicted octanol–water partition coefficient (Wildman–Crippen LogP) is 2.93. The monoisotopic (exact) mass is 326 g/mol. The maximum absolute atomic E-state index is 13.3. The lowest BCUT2D eigenvalue weighted by Crippen LogP contribution is -2.35. The van der Waals surface area contributed by atoms with Gasteiger partial charge in [0, 0.05) is 30.6 Å². The molecule has 0 aromatic heterocycles. The zero-order chi connectivity index (χ0) is 15.9. The number of hydrogen-bond donors (Lipinski definition) is 0. The van der Waals surface area contributed by atoms with E-state index in [0.29, 0.717) is 53.1 Å². The molecule has 0 amide bonds. The van der Waals surface area contributed by atoms with Crippen LogP contribution < -0.4 is 0 Å². The molecule has 3 heteroatoms. The lowest BCUT2D eigenvalue weighted by atomic mass is 9.77. The van der Waals surface area contributed by atoms with Gasteiger partial charge >= 0.3 is 5.97 Å². The van der Waals surface area contributed by atoms with E-state index in [-0.39, 0.29) is 12.1 Å². The number of hydrogen-bond acceptors (Lipinski definition) is 3. The van der Waals surface area contributed by atoms with Crippen molar-refractivity contribution in [3.63, 3.8) is 0 Å². The van der Waals surface area contributed by atoms with Crippen molar-refractivity contribution in [1.82, 2.24) is 0 Å². The Morgan fingerprint density at radius 3 is 2.33 bits per heavy atom. The molecular formula is C21H26O3. The number of carbonyl (C=O) groups excluding carboxylic acids is 2. The van der Waals surface area contributed by atoms with Crippen LogP contribution >= 0.6 is 0 Å². The summed E-state index contributed by atoms with van der Waals surface area (Å²) in [6.45, 7) is 1.60. The molecule has 0 unspecified atom stereocenters. The van der Waals surface area contributed by atoms with Gasteiger partial charge in [-0.25, -0.2) is 0 Å². The Morgan fingerprint density at radius 1 is 0.833 bits per heavy atom. The largest absolute Gasteiger partial charge is 0.462 e. The standard InChI is InChI=1S/C21H26O3/c1-7(22)24-21-14-9-4-2-3-8(9)13-17(14)18-15(21)10-5-6-11-12(10)16(18)19(13)20(11)23/h8-19,21H,2-6H2,1H3/t8-,9+,10+,11+,12-,13-,14+,15-,16+,17+,18-,19-,21+/m0/s1. The molecule has 0 heterocycles. The summed E-state index contributed by atoms with van der Waals surface area (Å²) in [5, 5.41) is 0. The molecule has 7 fully saturated rings. The van der Waals surface area contributed by atoms with Crippen molar-refractivity contribution in [2.45, 2.75) is 45.1 Å². The predicted molar refractivity (Wildman–Crippen MR) is 85.5 cm³/mol. The van der Waals surface area contributed by atoms with Gasteiger partial charge in [-0.05, 0) is 73.0 Å². The fourth-order valence-corrected chi connectivity index (χ4v) is 10.4. The number of ketones is 1. The second kappa shape index (κ2) is 3.94. The van der Waals surface area contributed by atoms with Gasteiger partial charge in [-0.1, -0.05) is 6.42 Å². The Bertz CT molecular complexity index is 660. The van der Waals surface area contributed by atoms with Gasteiger partial charge in [0.2, 0.25) is 0 Å². The molecule has 0 radical (unpaired) electrons. The van der Waals surface area contributed by atoms with Crippen molar-refractivity contribution in [2.24, 2.45) is 71.0 Å². The number of carbonyl (C=O) groups is 2. The zero-order valence-corrected chi connectivity index (χ0v) is 14.3. The molecule has 0 spiro atoms. The third kappa shape index (κ3) is 1.16. The average Bonchev–Trinajstić information content (AvgIpc) is 3.27. The summed E-state index contributed by atoms with van der Waals surface area (Å²) < 4.78 is 6.08. The molecule has 7 aliphatic carbocycles. The van der Waals surface area contributed by atoms with Gasteiger partial charge in [-0.2, -0.15) is 0 Å². The first-order chi connectivity index (χ1) is 11.7. The fourth-order valence-electron chi connectivity index (χ4n) is 10.4. The molecule has 0 aromatic carbocycles. The van der Waals surface area contributed by atoms with Gasteiger partial charge in [-0.15, -0.1) is 0 Å². The van der Waals surface area contributed by atoms with E-state index in [1.807, 2.05) is 0 Å². The minimum atomic E-state index is -0.0720. The van der Waals surface area contributed by atoms with E-state index >= 15 is 0 Å². The fraction of sp³-hybridized carbons (Fsp3) is 0.905. The third-order valence-electron chi connectivity index (χ3n) is 10.1. The zero-order valence-electron chi connectivity index (χ0n) is 14.3. The summed E-state index contributed by atoms with van der Waals surface area (Å²) in [4.78, 5) is 25.2. The normalized spacial score (nSPS) is 66.4. The van der Waals surface area contributed by atoms with E-state index in [9.17, 15) is 9.59 Å². The van der Waals surface area contributed by atoms with Crippen LogP contribution in [0.1, 0.15) is 39.0 Å². The molecule has 0 N–H and O–H groups in total. The van der Waals surface area contributed by atoms with Crippen LogP contribution in [0.15, 0.2) is 0 Å². The van der Waals surface area contributed by atoms with E-state index in [4.69, 9.17) is 4.74 Å². The molecule has 7 saturated carbocycles. The molecule has 13 atom stereocenters. The molecule has 0 aliphatic heterocycles. The van der Waals surface area contributed by atoms with Crippen molar-refractivity contribution < 1.29 is 14.3 Å². The first kappa shape index (κ1) is 13.4. The van der Waals surface area contributed by atoms with Crippen LogP contribution in [-0.2, 0) is 14.3 Å². The first-order valence-corrected chi connectivity index (χ1v) is 10.4. The highest BCUT2D eigenvalue weighted by molar-refractivity contribution is 5.88. The molecule has 0 aromatic rings. The first-order valence-electron chi connectivity index (χ1n) is 10.4. The summed E-state index contributed by atoms with van der Waals surface area (Å²) in [6.07, 6.45) is 6.54. The van der Waals surface area contributed by atoms with Crippen LogP contribution in [0.4, 0.5) is 0 Å². The second-order valence-corrected chi connectivity index (χ2v) is 10.1. The molecule has 3 nitrogen and oxygen atoms in total. The summed E-state index contributed by atoms with van der Waals surface area (Å²) in [7, 11) is 0. The average molecular weight is 326 g/mol. The Balaban J connectivity index is 1.43. The lowest BCUT2D eigenvalue weighted by Gasteiger charge is -2.31. The highest BCUT2D eigenvalue weighted by Crippen LogP contribution is 2.81. The maximum Gasteiger partial charge on any atom is 0.302 e. The molecule has 7 rings (SSSR count). The summed E-state index contributed by atoms with van der Waals surface area (Å²) in [5.74, 6) is 8.28. The van der Waals surface area contributed by atoms with Gasteiger partial charge in [-0.3, -0.25) is 9.59 Å². The number of Topliss-reactive ketones (excluding diaryl/α,β-unsaturated/α-hetero) is 1. The molecule has 24 heavy (non-hydrogen) atoms. The van der Waals surface area contributed by atoms with Gasteiger partial charge in [0.15, 0.2) is 0 Å². The van der Waals surface area contributed by atoms with Crippen LogP contribution in [0.3, 0.4) is 0 Å². The SMILES string of the molecule is CC(=O)O[C@H]1[C@H]2[C@@H]3CC[C@H]4C(=O)[C@@H]5[C@@H]([C@H]2[C@@H]2[C@@H]5[C@H]5CCC[C@H]5[C@@H]12)[C@@H]34. The Labute approximate surface area is 142 Å². The third-order valence-corrected chi connectivity index (χ3v) is 10.1. The summed E-state index contributed by atoms with van der Waals surface area (Å²) in [5.41, 5.74) is 0. The van der Waals surface area contributed by atoms with Crippen molar-refractivity contribution >= 4 is 11.8 Å². The molecule has 128 valence electrons. The highest BCUT2D eigenvalue weighted by Gasteiger charge is 2.81. The number of ether oxygens (including phenoxy) is 1. The van der Waals surface area contributed by atoms with Crippen LogP contribution in [0.5, 0.6) is 0 Å². The number of fused-ring (bicyclic) bond motifs is 5. The minimum Gasteiger partial charge on any atom is -0.462 e. The van der Waals surface area contributed by atoms with Crippen LogP contribution in [0.2, 0.25) is 0 Å². The van der Waals surface area contributed by atoms with E-state index in [1.54, 1.807) is 6.92 Å². The Kier molecular flexibility index (Phi) is 2.19. The smallest absolute Gasteiger partial charge is 0.302 e. The summed E-state index contributed by atoms with van der Waals surface area (Å²) >= 11 is 0. The Hall–Kier alpha value is -0.860. The Morgan fingerprint density at radius 2 is 1.54 bits per heavy atom. The van der Waals surface area contributed by atoms with Crippen molar-refractivity contribution in [1.29, 1.82) is 0 Å². The molecule has 0 saturated heterocycles. The van der Waals surface area contributed by atoms with Gasteiger partial charge < -0.3 is 4.74 Å². The van der Waals surface area contributed by atoms with Crippen molar-refractivity contribution in [3.05, 3.63) is 0 Å². The van der Waals surface area contributed by atoms with E-state index < -0.39 is 0 Å². The number of esters is 1. The highest BCUT2D eigenvalue weighted by atomic mass is 16.5. The van der Waals surface area contributed by atoms with Crippen LogP contribution in [0, 0.1) is 71.0 Å².